The van der Waals surface area contributed by atoms with Crippen molar-refractivity contribution < 1.29 is 4.79 Å². The van der Waals surface area contributed by atoms with Crippen molar-refractivity contribution in [2.24, 2.45) is 7.05 Å². The van der Waals surface area contributed by atoms with E-state index in [0.29, 0.717) is 18.2 Å². The third-order valence-electron chi connectivity index (χ3n) is 5.19. The van der Waals surface area contributed by atoms with Gasteiger partial charge in [-0.1, -0.05) is 43.7 Å². The molecule has 0 aliphatic carbocycles. The molecule has 3 heterocycles. The van der Waals surface area contributed by atoms with Crippen LogP contribution in [0.2, 0.25) is 0 Å². The first kappa shape index (κ1) is 19.1. The van der Waals surface area contributed by atoms with Gasteiger partial charge in [0.1, 0.15) is 5.69 Å². The molecule has 2 aromatic heterocycles. The van der Waals surface area contributed by atoms with Crippen molar-refractivity contribution in [3.05, 3.63) is 60.0 Å². The summed E-state index contributed by atoms with van der Waals surface area (Å²) in [7, 11) is 1.82. The quantitative estimate of drug-likeness (QED) is 0.700. The van der Waals surface area contributed by atoms with Gasteiger partial charge in [-0.3, -0.25) is 9.48 Å². The molecule has 1 atom stereocenters. The second kappa shape index (κ2) is 8.43. The first-order valence-electron chi connectivity index (χ1n) is 10.1. The lowest BCUT2D eigenvalue weighted by atomic mass is 10.1. The van der Waals surface area contributed by atoms with Crippen molar-refractivity contribution in [3.8, 4) is 11.3 Å². The minimum Gasteiger partial charge on any atom is -0.346 e. The number of carbonyl (C=O) groups excluding carboxylic acids is 1. The molecule has 4 rings (SSSR count). The average Bonchev–Trinajstić information content (AvgIpc) is 3.35. The second-order valence-electron chi connectivity index (χ2n) is 7.41. The lowest BCUT2D eigenvalue weighted by Crippen LogP contribution is -2.38. The van der Waals surface area contributed by atoms with Gasteiger partial charge in [-0.15, -0.1) is 0 Å². The van der Waals surface area contributed by atoms with Gasteiger partial charge in [0, 0.05) is 37.9 Å². The van der Waals surface area contributed by atoms with Crippen molar-refractivity contribution in [3.63, 3.8) is 0 Å². The van der Waals surface area contributed by atoms with Crippen LogP contribution in [-0.4, -0.2) is 44.8 Å². The maximum absolute atomic E-state index is 12.7. The van der Waals surface area contributed by atoms with E-state index in [2.05, 4.69) is 27.2 Å². The van der Waals surface area contributed by atoms with Crippen LogP contribution in [-0.2, 0) is 13.5 Å². The van der Waals surface area contributed by atoms with Crippen molar-refractivity contribution in [1.82, 2.24) is 25.1 Å². The Morgan fingerprint density at radius 2 is 2.07 bits per heavy atom. The molecular formula is C22H26N6O. The van der Waals surface area contributed by atoms with Gasteiger partial charge in [0.25, 0.3) is 5.91 Å². The van der Waals surface area contributed by atoms with Crippen molar-refractivity contribution >= 4 is 11.9 Å². The molecule has 1 amide bonds. The number of nitrogens with one attached hydrogen (secondary N) is 1. The van der Waals surface area contributed by atoms with Gasteiger partial charge in [0.2, 0.25) is 5.95 Å². The Bertz CT molecular complexity index is 984. The standard InChI is InChI=1S/C22H26N6O/c1-3-7-17-14-20(27(2)26-17)21(29)24-18-11-13-28(15-18)22-23-12-10-19(25-22)16-8-5-4-6-9-16/h4-6,8-10,12,14,18H,3,7,11,13,15H2,1-2H3,(H,24,29). The first-order valence-corrected chi connectivity index (χ1v) is 10.1. The van der Waals surface area contributed by atoms with E-state index < -0.39 is 0 Å². The fourth-order valence-corrected chi connectivity index (χ4v) is 3.71. The summed E-state index contributed by atoms with van der Waals surface area (Å²) in [4.78, 5) is 24.0. The van der Waals surface area contributed by atoms with Crippen LogP contribution in [0, 0.1) is 0 Å². The van der Waals surface area contributed by atoms with Crippen molar-refractivity contribution in [1.29, 1.82) is 0 Å². The van der Waals surface area contributed by atoms with Gasteiger partial charge >= 0.3 is 0 Å². The third kappa shape index (κ3) is 4.29. The number of amides is 1. The van der Waals surface area contributed by atoms with E-state index in [9.17, 15) is 4.79 Å². The zero-order chi connectivity index (χ0) is 20.2. The SMILES string of the molecule is CCCc1cc(C(=O)NC2CCN(c3nccc(-c4ccccc4)n3)C2)n(C)n1. The van der Waals surface area contributed by atoms with Gasteiger partial charge < -0.3 is 10.2 Å². The van der Waals surface area contributed by atoms with E-state index in [0.717, 1.165) is 42.8 Å². The number of carbonyl (C=O) groups is 1. The zero-order valence-corrected chi connectivity index (χ0v) is 16.9. The summed E-state index contributed by atoms with van der Waals surface area (Å²) in [6.07, 6.45) is 4.55. The van der Waals surface area contributed by atoms with Gasteiger partial charge in [-0.25, -0.2) is 9.97 Å². The normalized spacial score (nSPS) is 16.2. The minimum absolute atomic E-state index is 0.0657. The molecule has 0 saturated carbocycles. The van der Waals surface area contributed by atoms with Crippen LogP contribution in [0.3, 0.4) is 0 Å². The Morgan fingerprint density at radius 3 is 2.86 bits per heavy atom. The summed E-state index contributed by atoms with van der Waals surface area (Å²) in [5, 5.41) is 7.56. The monoisotopic (exact) mass is 390 g/mol. The second-order valence-corrected chi connectivity index (χ2v) is 7.41. The molecule has 1 aromatic carbocycles. The predicted octanol–water partition coefficient (Wildman–Crippen LogP) is 2.84. The molecule has 7 nitrogen and oxygen atoms in total. The number of aryl methyl sites for hydroxylation is 2. The molecule has 7 heteroatoms. The summed E-state index contributed by atoms with van der Waals surface area (Å²) in [5.74, 6) is 0.627. The molecule has 0 bridgehead atoms. The van der Waals surface area contributed by atoms with E-state index in [1.165, 1.54) is 0 Å². The van der Waals surface area contributed by atoms with Gasteiger partial charge in [-0.05, 0) is 25.0 Å². The van der Waals surface area contributed by atoms with Crippen LogP contribution in [0.25, 0.3) is 11.3 Å². The van der Waals surface area contributed by atoms with E-state index in [1.807, 2.05) is 49.5 Å². The highest BCUT2D eigenvalue weighted by atomic mass is 16.2. The third-order valence-corrected chi connectivity index (χ3v) is 5.19. The molecule has 1 fully saturated rings. The number of rotatable bonds is 6. The maximum Gasteiger partial charge on any atom is 0.269 e. The van der Waals surface area contributed by atoms with E-state index in [1.54, 1.807) is 10.9 Å². The Labute approximate surface area is 170 Å². The number of hydrogen-bond donors (Lipinski definition) is 1. The Morgan fingerprint density at radius 1 is 1.24 bits per heavy atom. The van der Waals surface area contributed by atoms with Crippen LogP contribution in [0.1, 0.15) is 35.9 Å². The first-order chi connectivity index (χ1) is 14.1. The Kier molecular flexibility index (Phi) is 5.55. The smallest absolute Gasteiger partial charge is 0.269 e. The number of aromatic nitrogens is 4. The van der Waals surface area contributed by atoms with Crippen LogP contribution in [0.15, 0.2) is 48.7 Å². The van der Waals surface area contributed by atoms with E-state index in [4.69, 9.17) is 4.98 Å². The topological polar surface area (TPSA) is 75.9 Å². The average molecular weight is 390 g/mol. The lowest BCUT2D eigenvalue weighted by molar-refractivity contribution is 0.0931. The van der Waals surface area contributed by atoms with E-state index >= 15 is 0 Å². The molecule has 1 aliphatic rings. The van der Waals surface area contributed by atoms with Crippen molar-refractivity contribution in [2.45, 2.75) is 32.2 Å². The fourth-order valence-electron chi connectivity index (χ4n) is 3.71. The molecule has 1 unspecified atom stereocenters. The van der Waals surface area contributed by atoms with Crippen LogP contribution >= 0.6 is 0 Å². The van der Waals surface area contributed by atoms with Gasteiger partial charge in [0.05, 0.1) is 11.4 Å². The maximum atomic E-state index is 12.7. The molecule has 3 aromatic rings. The molecule has 29 heavy (non-hydrogen) atoms. The summed E-state index contributed by atoms with van der Waals surface area (Å²) in [5.41, 5.74) is 3.54. The Balaban J connectivity index is 1.41. The summed E-state index contributed by atoms with van der Waals surface area (Å²) in [6, 6.07) is 14.0. The lowest BCUT2D eigenvalue weighted by Gasteiger charge is -2.17. The highest BCUT2D eigenvalue weighted by Crippen LogP contribution is 2.21. The zero-order valence-electron chi connectivity index (χ0n) is 16.9. The van der Waals surface area contributed by atoms with Crippen LogP contribution < -0.4 is 10.2 Å². The number of benzene rings is 1. The molecular weight excluding hydrogens is 364 g/mol. The summed E-state index contributed by atoms with van der Waals surface area (Å²) >= 11 is 0. The molecule has 0 spiro atoms. The van der Waals surface area contributed by atoms with Crippen LogP contribution in [0.4, 0.5) is 5.95 Å². The number of hydrogen-bond acceptors (Lipinski definition) is 5. The Hall–Kier alpha value is -3.22. The fraction of sp³-hybridized carbons (Fsp3) is 0.364. The van der Waals surface area contributed by atoms with Crippen LogP contribution in [0.5, 0.6) is 0 Å². The molecule has 0 radical (unpaired) electrons. The number of nitrogens with zero attached hydrogens (tertiary/aromatic N) is 5. The van der Waals surface area contributed by atoms with Gasteiger partial charge in [0.15, 0.2) is 0 Å². The highest BCUT2D eigenvalue weighted by Gasteiger charge is 2.27. The molecule has 150 valence electrons. The summed E-state index contributed by atoms with van der Waals surface area (Å²) < 4.78 is 1.67. The molecule has 1 aliphatic heterocycles. The predicted molar refractivity (Wildman–Crippen MR) is 113 cm³/mol. The van der Waals surface area contributed by atoms with Crippen molar-refractivity contribution in [2.75, 3.05) is 18.0 Å². The largest absolute Gasteiger partial charge is 0.346 e. The number of anilines is 1. The van der Waals surface area contributed by atoms with E-state index in [-0.39, 0.29) is 11.9 Å². The highest BCUT2D eigenvalue weighted by molar-refractivity contribution is 5.93. The summed E-state index contributed by atoms with van der Waals surface area (Å²) in [6.45, 7) is 3.62. The molecule has 1 saturated heterocycles. The molecule has 1 N–H and O–H groups in total. The minimum atomic E-state index is -0.0758. The van der Waals surface area contributed by atoms with Gasteiger partial charge in [-0.2, -0.15) is 5.10 Å².